The van der Waals surface area contributed by atoms with E-state index in [4.69, 9.17) is 9.52 Å². The second-order valence-electron chi connectivity index (χ2n) is 5.03. The topological polar surface area (TPSA) is 72.6 Å². The molecule has 7 heteroatoms. The van der Waals surface area contributed by atoms with Crippen LogP contribution < -0.4 is 4.74 Å². The Kier molecular flexibility index (Phi) is 4.16. The predicted octanol–water partition coefficient (Wildman–Crippen LogP) is 4.24. The van der Waals surface area contributed by atoms with Gasteiger partial charge in [-0.15, -0.1) is 0 Å². The molecule has 2 heterocycles. The minimum Gasteiger partial charge on any atom is -0.478 e. The van der Waals surface area contributed by atoms with Crippen molar-refractivity contribution in [2.24, 2.45) is 0 Å². The van der Waals surface area contributed by atoms with E-state index in [1.54, 1.807) is 6.20 Å². The number of carboxylic acid groups (broad SMARTS) is 1. The summed E-state index contributed by atoms with van der Waals surface area (Å²) in [6, 6.07) is 2.85. The monoisotopic (exact) mass is 333 g/mol. The van der Waals surface area contributed by atoms with Gasteiger partial charge in [-0.2, -0.15) is 8.78 Å². The molecule has 0 saturated heterocycles. The number of fused-ring (bicyclic) bond motifs is 3. The van der Waals surface area contributed by atoms with E-state index in [0.29, 0.717) is 28.3 Å². The van der Waals surface area contributed by atoms with Crippen molar-refractivity contribution in [3.05, 3.63) is 41.7 Å². The predicted molar refractivity (Wildman–Crippen MR) is 84.2 cm³/mol. The summed E-state index contributed by atoms with van der Waals surface area (Å²) in [5.41, 5.74) is 1.97. The Morgan fingerprint density at radius 2 is 2.17 bits per heavy atom. The minimum absolute atomic E-state index is 0.106. The third-order valence-electron chi connectivity index (χ3n) is 3.61. The number of furan rings is 1. The van der Waals surface area contributed by atoms with E-state index in [1.165, 1.54) is 24.4 Å². The number of carboxylic acids is 1. The lowest BCUT2D eigenvalue weighted by Gasteiger charge is -2.06. The fourth-order valence-electron chi connectivity index (χ4n) is 2.65. The zero-order valence-electron chi connectivity index (χ0n) is 12.6. The van der Waals surface area contributed by atoms with Crippen molar-refractivity contribution in [1.29, 1.82) is 0 Å². The van der Waals surface area contributed by atoms with Crippen LogP contribution in [0.5, 0.6) is 5.75 Å². The Labute approximate surface area is 135 Å². The zero-order valence-corrected chi connectivity index (χ0v) is 12.6. The van der Waals surface area contributed by atoms with Gasteiger partial charge in [-0.3, -0.25) is 4.98 Å². The lowest BCUT2D eigenvalue weighted by molar-refractivity contribution is -0.131. The van der Waals surface area contributed by atoms with E-state index in [9.17, 15) is 13.6 Å². The van der Waals surface area contributed by atoms with Gasteiger partial charge in [-0.25, -0.2) is 4.79 Å². The molecular weight excluding hydrogens is 320 g/mol. The molecule has 0 aliphatic carbocycles. The SMILES string of the molecule is CCc1cncc2oc3c(OC(F)F)ccc(C=CC(=O)O)c3c12. The van der Waals surface area contributed by atoms with Crippen molar-refractivity contribution in [3.8, 4) is 5.75 Å². The molecule has 0 atom stereocenters. The zero-order chi connectivity index (χ0) is 17.3. The number of rotatable bonds is 5. The van der Waals surface area contributed by atoms with E-state index < -0.39 is 12.6 Å². The van der Waals surface area contributed by atoms with Crippen molar-refractivity contribution >= 4 is 34.0 Å². The Morgan fingerprint density at radius 3 is 2.83 bits per heavy atom. The Morgan fingerprint density at radius 1 is 1.38 bits per heavy atom. The fraction of sp³-hybridized carbons (Fsp3) is 0.176. The smallest absolute Gasteiger partial charge is 0.387 e. The number of aromatic nitrogens is 1. The third-order valence-corrected chi connectivity index (χ3v) is 3.61. The lowest BCUT2D eigenvalue weighted by atomic mass is 10.0. The first-order valence-electron chi connectivity index (χ1n) is 7.19. The summed E-state index contributed by atoms with van der Waals surface area (Å²) >= 11 is 0. The van der Waals surface area contributed by atoms with E-state index in [-0.39, 0.29) is 11.3 Å². The number of benzene rings is 1. The van der Waals surface area contributed by atoms with Crippen molar-refractivity contribution in [2.45, 2.75) is 20.0 Å². The van der Waals surface area contributed by atoms with Crippen LogP contribution in [0.4, 0.5) is 8.78 Å². The molecule has 1 aromatic carbocycles. The van der Waals surface area contributed by atoms with E-state index >= 15 is 0 Å². The van der Waals surface area contributed by atoms with Gasteiger partial charge in [0.05, 0.1) is 6.20 Å². The maximum Gasteiger partial charge on any atom is 0.387 e. The standard InChI is InChI=1S/C17H13F2NO4/c1-2-9-7-20-8-12-14(9)15-10(4-6-13(21)22)3-5-11(16(15)23-12)24-17(18)19/h3-8,17H,2H2,1H3,(H,21,22). The van der Waals surface area contributed by atoms with E-state index in [2.05, 4.69) is 9.72 Å². The third kappa shape index (κ3) is 2.80. The minimum atomic E-state index is -2.99. The van der Waals surface area contributed by atoms with Crippen molar-refractivity contribution in [2.75, 3.05) is 0 Å². The number of ether oxygens (including phenoxy) is 1. The Hall–Kier alpha value is -2.96. The van der Waals surface area contributed by atoms with Crippen LogP contribution in [-0.4, -0.2) is 22.7 Å². The molecule has 3 rings (SSSR count). The van der Waals surface area contributed by atoms with Crippen LogP contribution in [0.2, 0.25) is 0 Å². The number of hydrogen-bond donors (Lipinski definition) is 1. The molecule has 5 nitrogen and oxygen atoms in total. The quantitative estimate of drug-likeness (QED) is 0.707. The van der Waals surface area contributed by atoms with Crippen molar-refractivity contribution in [1.82, 2.24) is 4.98 Å². The molecule has 0 fully saturated rings. The summed E-state index contributed by atoms with van der Waals surface area (Å²) in [5.74, 6) is -1.22. The number of pyridine rings is 1. The van der Waals surface area contributed by atoms with Crippen LogP contribution in [0, 0.1) is 0 Å². The molecule has 24 heavy (non-hydrogen) atoms. The Balaban J connectivity index is 2.38. The number of aryl methyl sites for hydroxylation is 1. The fourth-order valence-corrected chi connectivity index (χ4v) is 2.65. The molecule has 0 saturated carbocycles. The van der Waals surface area contributed by atoms with Gasteiger partial charge in [0.1, 0.15) is 0 Å². The van der Waals surface area contributed by atoms with Gasteiger partial charge in [-0.1, -0.05) is 13.0 Å². The maximum absolute atomic E-state index is 12.6. The van der Waals surface area contributed by atoms with E-state index in [0.717, 1.165) is 11.6 Å². The highest BCUT2D eigenvalue weighted by molar-refractivity contribution is 6.12. The van der Waals surface area contributed by atoms with Crippen LogP contribution in [0.3, 0.4) is 0 Å². The Bertz CT molecular complexity index is 947. The number of alkyl halides is 2. The lowest BCUT2D eigenvalue weighted by Crippen LogP contribution is -2.02. The molecule has 0 bridgehead atoms. The van der Waals surface area contributed by atoms with Gasteiger partial charge >= 0.3 is 12.6 Å². The summed E-state index contributed by atoms with van der Waals surface area (Å²) in [6.45, 7) is -1.06. The first-order valence-corrected chi connectivity index (χ1v) is 7.19. The number of nitrogens with zero attached hydrogens (tertiary/aromatic N) is 1. The van der Waals surface area contributed by atoms with Crippen molar-refractivity contribution < 1.29 is 27.8 Å². The number of hydrogen-bond acceptors (Lipinski definition) is 4. The molecule has 3 aromatic rings. The second-order valence-corrected chi connectivity index (χ2v) is 5.03. The molecule has 2 aromatic heterocycles. The highest BCUT2D eigenvalue weighted by Gasteiger charge is 2.19. The van der Waals surface area contributed by atoms with E-state index in [1.807, 2.05) is 6.92 Å². The molecule has 0 unspecified atom stereocenters. The maximum atomic E-state index is 12.6. The molecule has 0 aliphatic rings. The normalized spacial score (nSPS) is 11.8. The highest BCUT2D eigenvalue weighted by atomic mass is 19.3. The molecule has 124 valence electrons. The molecular formula is C17H13F2NO4. The summed E-state index contributed by atoms with van der Waals surface area (Å²) in [4.78, 5) is 14.9. The average molecular weight is 333 g/mol. The molecule has 1 N–H and O–H groups in total. The average Bonchev–Trinajstić information content (AvgIpc) is 2.93. The molecule has 0 spiro atoms. The van der Waals surface area contributed by atoms with Crippen LogP contribution in [0.1, 0.15) is 18.1 Å². The highest BCUT2D eigenvalue weighted by Crippen LogP contribution is 2.39. The summed E-state index contributed by atoms with van der Waals surface area (Å²) in [5, 5.41) is 10.1. The van der Waals surface area contributed by atoms with Gasteiger partial charge in [0.15, 0.2) is 16.9 Å². The summed E-state index contributed by atoms with van der Waals surface area (Å²) in [6.07, 6.45) is 6.19. The molecule has 0 aliphatic heterocycles. The van der Waals surface area contributed by atoms with Crippen LogP contribution >= 0.6 is 0 Å². The summed E-state index contributed by atoms with van der Waals surface area (Å²) < 4.78 is 35.5. The van der Waals surface area contributed by atoms with Gasteiger partial charge in [0.2, 0.25) is 0 Å². The van der Waals surface area contributed by atoms with Gasteiger partial charge < -0.3 is 14.3 Å². The molecule has 0 amide bonds. The van der Waals surface area contributed by atoms with Gasteiger partial charge in [0.25, 0.3) is 0 Å². The number of aliphatic carboxylic acids is 1. The van der Waals surface area contributed by atoms with Crippen molar-refractivity contribution in [3.63, 3.8) is 0 Å². The van der Waals surface area contributed by atoms with Gasteiger partial charge in [0, 0.05) is 23.0 Å². The summed E-state index contributed by atoms with van der Waals surface area (Å²) in [7, 11) is 0. The molecule has 0 radical (unpaired) electrons. The van der Waals surface area contributed by atoms with Crippen LogP contribution in [0.25, 0.3) is 28.0 Å². The van der Waals surface area contributed by atoms with Crippen LogP contribution in [0.15, 0.2) is 35.0 Å². The second kappa shape index (κ2) is 6.27. The van der Waals surface area contributed by atoms with Gasteiger partial charge in [-0.05, 0) is 29.7 Å². The largest absolute Gasteiger partial charge is 0.478 e. The first-order chi connectivity index (χ1) is 11.5. The van der Waals surface area contributed by atoms with Crippen LogP contribution in [-0.2, 0) is 11.2 Å². The first kappa shape index (κ1) is 15.9. The number of halogens is 2. The number of carbonyl (C=O) groups is 1.